The summed E-state index contributed by atoms with van der Waals surface area (Å²) in [6, 6.07) is 26.5. The van der Waals surface area contributed by atoms with E-state index < -0.39 is 0 Å². The molecule has 0 N–H and O–H groups in total. The highest BCUT2D eigenvalue weighted by Crippen LogP contribution is 2.42. The molecule has 3 aromatic rings. The van der Waals surface area contributed by atoms with E-state index in [4.69, 9.17) is 11.6 Å². The Hall–Kier alpha value is -2.78. The monoisotopic (exact) mass is 446 g/mol. The highest BCUT2D eigenvalue weighted by molar-refractivity contribution is 6.30. The summed E-state index contributed by atoms with van der Waals surface area (Å²) in [5.41, 5.74) is 4.11. The van der Waals surface area contributed by atoms with Crippen LogP contribution in [0.2, 0.25) is 5.02 Å². The maximum atomic E-state index is 13.5. The summed E-state index contributed by atoms with van der Waals surface area (Å²) in [5, 5.41) is 0.636. The third kappa shape index (κ3) is 4.68. The van der Waals surface area contributed by atoms with Gasteiger partial charge in [-0.05, 0) is 73.7 Å². The van der Waals surface area contributed by atoms with Crippen molar-refractivity contribution in [3.63, 3.8) is 0 Å². The molecule has 0 aliphatic carbocycles. The zero-order chi connectivity index (χ0) is 22.7. The van der Waals surface area contributed by atoms with Gasteiger partial charge in [0.15, 0.2) is 0 Å². The first-order valence-electron chi connectivity index (χ1n) is 11.5. The number of hydrogen-bond donors (Lipinski definition) is 0. The molecule has 0 fully saturated rings. The maximum absolute atomic E-state index is 13.5. The third-order valence-corrected chi connectivity index (χ3v) is 6.53. The highest BCUT2D eigenvalue weighted by atomic mass is 35.5. The minimum absolute atomic E-state index is 0.0218. The number of hydrogen-bond acceptors (Lipinski definition) is 2. The van der Waals surface area contributed by atoms with Gasteiger partial charge in [-0.15, -0.1) is 0 Å². The van der Waals surface area contributed by atoms with Crippen LogP contribution in [0.1, 0.15) is 55.6 Å². The number of nitrogens with zero attached hydrogens (tertiary/aromatic N) is 2. The zero-order valence-corrected chi connectivity index (χ0v) is 19.8. The third-order valence-electron chi connectivity index (χ3n) is 6.28. The lowest BCUT2D eigenvalue weighted by Crippen LogP contribution is -2.46. The number of rotatable bonds is 6. The Morgan fingerprint density at radius 3 is 2.34 bits per heavy atom. The molecule has 1 aliphatic rings. The van der Waals surface area contributed by atoms with E-state index in [0.717, 1.165) is 25.1 Å². The number of para-hydroxylation sites is 2. The summed E-state index contributed by atoms with van der Waals surface area (Å²) in [6.45, 7) is 7.68. The fourth-order valence-electron chi connectivity index (χ4n) is 4.60. The van der Waals surface area contributed by atoms with Crippen LogP contribution in [-0.4, -0.2) is 18.5 Å². The van der Waals surface area contributed by atoms with Gasteiger partial charge in [0.05, 0.1) is 6.04 Å². The minimum Gasteiger partial charge on any atom is -0.364 e. The largest absolute Gasteiger partial charge is 0.364 e. The van der Waals surface area contributed by atoms with E-state index in [1.54, 1.807) is 12.1 Å². The quantitative estimate of drug-likeness (QED) is 0.394. The van der Waals surface area contributed by atoms with Crippen molar-refractivity contribution in [1.82, 2.24) is 0 Å². The van der Waals surface area contributed by atoms with E-state index in [0.29, 0.717) is 16.5 Å². The Kier molecular flexibility index (Phi) is 6.86. The van der Waals surface area contributed by atoms with Crippen LogP contribution in [0.5, 0.6) is 0 Å². The number of halogens is 1. The van der Waals surface area contributed by atoms with E-state index >= 15 is 0 Å². The van der Waals surface area contributed by atoms with Gasteiger partial charge in [0.2, 0.25) is 0 Å². The maximum Gasteiger partial charge on any atom is 0.258 e. The summed E-state index contributed by atoms with van der Waals surface area (Å²) < 4.78 is 0. The molecule has 2 unspecified atom stereocenters. The number of carbonyl (C=O) groups excluding carboxylic acids is 1. The summed E-state index contributed by atoms with van der Waals surface area (Å²) in [6.07, 6.45) is 2.00. The van der Waals surface area contributed by atoms with Crippen molar-refractivity contribution in [2.24, 2.45) is 5.92 Å². The van der Waals surface area contributed by atoms with Gasteiger partial charge in [-0.25, -0.2) is 0 Å². The van der Waals surface area contributed by atoms with E-state index in [2.05, 4.69) is 74.2 Å². The molecule has 166 valence electrons. The Labute approximate surface area is 196 Å². The minimum atomic E-state index is 0.0218. The normalized spacial score (nSPS) is 17.8. The second-order valence-corrected chi connectivity index (χ2v) is 9.49. The second kappa shape index (κ2) is 9.79. The van der Waals surface area contributed by atoms with E-state index in [1.807, 2.05) is 23.1 Å². The van der Waals surface area contributed by atoms with Gasteiger partial charge in [0.1, 0.15) is 0 Å². The van der Waals surface area contributed by atoms with Crippen LogP contribution in [0.4, 0.5) is 11.4 Å². The Bertz CT molecular complexity index is 1050. The van der Waals surface area contributed by atoms with Gasteiger partial charge < -0.3 is 9.80 Å². The zero-order valence-electron chi connectivity index (χ0n) is 19.0. The molecule has 0 aromatic heterocycles. The molecule has 32 heavy (non-hydrogen) atoms. The van der Waals surface area contributed by atoms with Gasteiger partial charge >= 0.3 is 0 Å². The standard InChI is InChI=1S/C28H31ClN2O/c1-20(2)17-18-30(24-9-5-4-6-10-24)27-19-21(3)31(26-12-8-7-11-25(26)27)28(32)22-13-15-23(29)16-14-22/h4-16,20-21,27H,17-19H2,1-3H3. The summed E-state index contributed by atoms with van der Waals surface area (Å²) in [7, 11) is 0. The molecule has 3 nitrogen and oxygen atoms in total. The van der Waals surface area contributed by atoms with Crippen molar-refractivity contribution in [2.45, 2.75) is 45.7 Å². The van der Waals surface area contributed by atoms with Gasteiger partial charge in [-0.3, -0.25) is 4.79 Å². The van der Waals surface area contributed by atoms with Crippen LogP contribution in [-0.2, 0) is 0 Å². The van der Waals surface area contributed by atoms with Crippen LogP contribution < -0.4 is 9.80 Å². The molecule has 0 spiro atoms. The topological polar surface area (TPSA) is 23.6 Å². The molecule has 1 amide bonds. The number of anilines is 2. The lowest BCUT2D eigenvalue weighted by atomic mass is 9.89. The molecule has 0 bridgehead atoms. The molecule has 1 aliphatic heterocycles. The van der Waals surface area contributed by atoms with Crippen LogP contribution in [0.25, 0.3) is 0 Å². The van der Waals surface area contributed by atoms with Gasteiger partial charge in [0, 0.05) is 34.5 Å². The Morgan fingerprint density at radius 2 is 1.66 bits per heavy atom. The smallest absolute Gasteiger partial charge is 0.258 e. The SMILES string of the molecule is CC(C)CCN(c1ccccc1)C1CC(C)N(C(=O)c2ccc(Cl)cc2)c2ccccc21. The lowest BCUT2D eigenvalue weighted by Gasteiger charge is -2.44. The molecule has 3 aromatic carbocycles. The molecular weight excluding hydrogens is 416 g/mol. The fraction of sp³-hybridized carbons (Fsp3) is 0.321. The van der Waals surface area contributed by atoms with Gasteiger partial charge in [-0.2, -0.15) is 0 Å². The van der Waals surface area contributed by atoms with E-state index in [-0.39, 0.29) is 18.0 Å². The molecule has 0 radical (unpaired) electrons. The van der Waals surface area contributed by atoms with E-state index in [1.165, 1.54) is 11.3 Å². The molecule has 4 rings (SSSR count). The first kappa shape index (κ1) is 22.4. The number of benzene rings is 3. The van der Waals surface area contributed by atoms with Crippen molar-refractivity contribution < 1.29 is 4.79 Å². The Balaban J connectivity index is 1.73. The first-order valence-corrected chi connectivity index (χ1v) is 11.8. The molecule has 4 heteroatoms. The number of amides is 1. The average molecular weight is 447 g/mol. The van der Waals surface area contributed by atoms with Crippen molar-refractivity contribution in [1.29, 1.82) is 0 Å². The second-order valence-electron chi connectivity index (χ2n) is 9.05. The van der Waals surface area contributed by atoms with Crippen molar-refractivity contribution in [3.8, 4) is 0 Å². The van der Waals surface area contributed by atoms with Crippen molar-refractivity contribution in [3.05, 3.63) is 95.0 Å². The van der Waals surface area contributed by atoms with Crippen LogP contribution in [0, 0.1) is 5.92 Å². The molecule has 2 atom stereocenters. The molecular formula is C28H31ClN2O. The highest BCUT2D eigenvalue weighted by Gasteiger charge is 2.36. The van der Waals surface area contributed by atoms with Crippen LogP contribution >= 0.6 is 11.6 Å². The Morgan fingerprint density at radius 1 is 1.00 bits per heavy atom. The number of fused-ring (bicyclic) bond motifs is 1. The predicted molar refractivity (Wildman–Crippen MR) is 135 cm³/mol. The van der Waals surface area contributed by atoms with E-state index in [9.17, 15) is 4.79 Å². The molecule has 1 heterocycles. The van der Waals surface area contributed by atoms with Gasteiger partial charge in [0.25, 0.3) is 5.91 Å². The lowest BCUT2D eigenvalue weighted by molar-refractivity contribution is 0.0973. The fourth-order valence-corrected chi connectivity index (χ4v) is 4.73. The van der Waals surface area contributed by atoms with Gasteiger partial charge in [-0.1, -0.05) is 61.8 Å². The summed E-state index contributed by atoms with van der Waals surface area (Å²) >= 11 is 6.05. The van der Waals surface area contributed by atoms with Crippen LogP contribution in [0.3, 0.4) is 0 Å². The summed E-state index contributed by atoms with van der Waals surface area (Å²) in [4.78, 5) is 18.0. The van der Waals surface area contributed by atoms with Crippen LogP contribution in [0.15, 0.2) is 78.9 Å². The molecule has 0 saturated heterocycles. The number of carbonyl (C=O) groups is 1. The predicted octanol–water partition coefficient (Wildman–Crippen LogP) is 7.37. The van der Waals surface area contributed by atoms with Crippen molar-refractivity contribution in [2.75, 3.05) is 16.3 Å². The average Bonchev–Trinajstić information content (AvgIpc) is 2.80. The summed E-state index contributed by atoms with van der Waals surface area (Å²) in [5.74, 6) is 0.647. The van der Waals surface area contributed by atoms with Crippen molar-refractivity contribution >= 4 is 28.9 Å². The first-order chi connectivity index (χ1) is 15.5. The molecule has 0 saturated carbocycles.